The Labute approximate surface area is 114 Å². The number of rotatable bonds is 5. The summed E-state index contributed by atoms with van der Waals surface area (Å²) in [5.74, 6) is 1.26. The number of nitrogens with two attached hydrogens (primary N) is 2. The lowest BCUT2D eigenvalue weighted by atomic mass is 10.2. The second-order valence-electron chi connectivity index (χ2n) is 3.28. The van der Waals surface area contributed by atoms with E-state index in [1.54, 1.807) is 13.3 Å². The molecule has 1 aromatic carbocycles. The first-order valence-corrected chi connectivity index (χ1v) is 6.05. The van der Waals surface area contributed by atoms with E-state index in [1.807, 2.05) is 19.1 Å². The number of ether oxygens (including phenoxy) is 2. The molecule has 0 unspecified atom stereocenters. The molecule has 0 aromatic heterocycles. The van der Waals surface area contributed by atoms with Gasteiger partial charge >= 0.3 is 0 Å². The Morgan fingerprint density at radius 3 is 2.78 bits per heavy atom. The van der Waals surface area contributed by atoms with Crippen molar-refractivity contribution >= 4 is 28.1 Å². The molecule has 5 N–H and O–H groups in total. The summed E-state index contributed by atoms with van der Waals surface area (Å²) in [5, 5.41) is 6.27. The number of hydrogen-bond donors (Lipinski definition) is 3. The molecule has 0 amide bonds. The van der Waals surface area contributed by atoms with Gasteiger partial charge in [0.05, 0.1) is 18.2 Å². The average molecular weight is 316 g/mol. The highest BCUT2D eigenvalue weighted by atomic mass is 79.9. The molecule has 6 nitrogen and oxygen atoms in total. The van der Waals surface area contributed by atoms with Crippen LogP contribution in [0.25, 0.3) is 0 Å². The Hall–Kier alpha value is -1.76. The van der Waals surface area contributed by atoms with Gasteiger partial charge in [0.1, 0.15) is 0 Å². The van der Waals surface area contributed by atoms with E-state index in [0.29, 0.717) is 18.1 Å². The monoisotopic (exact) mass is 315 g/mol. The first-order valence-electron chi connectivity index (χ1n) is 5.26. The second-order valence-corrected chi connectivity index (χ2v) is 4.13. The SMILES string of the molecule is CCOc1c(Br)cc(/C=[NH+]\N=C(N)N)cc1OC. The summed E-state index contributed by atoms with van der Waals surface area (Å²) in [6, 6.07) is 3.67. The highest BCUT2D eigenvalue weighted by molar-refractivity contribution is 9.10. The third-order valence-corrected chi connectivity index (χ3v) is 2.55. The van der Waals surface area contributed by atoms with Crippen molar-refractivity contribution in [3.63, 3.8) is 0 Å². The van der Waals surface area contributed by atoms with Crippen molar-refractivity contribution in [1.82, 2.24) is 0 Å². The second kappa shape index (κ2) is 6.85. The van der Waals surface area contributed by atoms with Crippen LogP contribution in [0.15, 0.2) is 21.7 Å². The first kappa shape index (κ1) is 14.3. The van der Waals surface area contributed by atoms with Crippen LogP contribution < -0.4 is 26.0 Å². The minimum atomic E-state index is -0.0387. The number of methoxy groups -OCH3 is 1. The fourth-order valence-corrected chi connectivity index (χ4v) is 1.86. The van der Waals surface area contributed by atoms with E-state index < -0.39 is 0 Å². The maximum absolute atomic E-state index is 5.48. The first-order chi connectivity index (χ1) is 8.58. The van der Waals surface area contributed by atoms with Crippen LogP contribution in [-0.4, -0.2) is 25.9 Å². The predicted octanol–water partition coefficient (Wildman–Crippen LogP) is -0.456. The lowest BCUT2D eigenvalue weighted by molar-refractivity contribution is -0.456. The summed E-state index contributed by atoms with van der Waals surface area (Å²) in [6.45, 7) is 2.47. The highest BCUT2D eigenvalue weighted by Gasteiger charge is 2.11. The molecule has 1 aromatic rings. The van der Waals surface area contributed by atoms with E-state index in [1.165, 1.54) is 0 Å². The summed E-state index contributed by atoms with van der Waals surface area (Å²) < 4.78 is 11.5. The molecule has 0 radical (unpaired) electrons. The van der Waals surface area contributed by atoms with E-state index >= 15 is 0 Å². The Bertz CT molecular complexity index is 470. The Kier molecular flexibility index (Phi) is 5.44. The normalized spacial score (nSPS) is 10.4. The number of hydrazone groups is 1. The number of halogens is 1. The quantitative estimate of drug-likeness (QED) is 0.389. The van der Waals surface area contributed by atoms with E-state index in [9.17, 15) is 0 Å². The molecule has 0 spiro atoms. The van der Waals surface area contributed by atoms with Gasteiger partial charge in [0, 0.05) is 10.7 Å². The van der Waals surface area contributed by atoms with Gasteiger partial charge in [0.25, 0.3) is 5.96 Å². The molecule has 1 rings (SSSR count). The van der Waals surface area contributed by atoms with Crippen LogP contribution in [0.1, 0.15) is 12.5 Å². The van der Waals surface area contributed by atoms with Gasteiger partial charge in [0.2, 0.25) is 6.21 Å². The lowest BCUT2D eigenvalue weighted by Gasteiger charge is -2.11. The lowest BCUT2D eigenvalue weighted by Crippen LogP contribution is -2.63. The average Bonchev–Trinajstić information content (AvgIpc) is 2.31. The zero-order chi connectivity index (χ0) is 13.5. The summed E-state index contributed by atoms with van der Waals surface area (Å²) in [4.78, 5) is 0. The van der Waals surface area contributed by atoms with Crippen LogP contribution in [0.3, 0.4) is 0 Å². The van der Waals surface area contributed by atoms with Crippen molar-refractivity contribution in [3.05, 3.63) is 22.2 Å². The fraction of sp³-hybridized carbons (Fsp3) is 0.273. The van der Waals surface area contributed by atoms with Crippen LogP contribution in [-0.2, 0) is 0 Å². The Morgan fingerprint density at radius 2 is 2.22 bits per heavy atom. The van der Waals surface area contributed by atoms with Crippen molar-refractivity contribution in [1.29, 1.82) is 0 Å². The molecule has 98 valence electrons. The smallest absolute Gasteiger partial charge is 0.256 e. The standard InChI is InChI=1S/C11H15BrN4O2/c1-3-18-10-8(12)4-7(5-9(10)17-2)6-15-16-11(13)14/h4-6H,3H2,1-2H3,(H4,13,14,16)/p+1/b15-6-. The van der Waals surface area contributed by atoms with Crippen molar-refractivity contribution < 1.29 is 14.6 Å². The molecule has 0 aliphatic carbocycles. The van der Waals surface area contributed by atoms with E-state index in [-0.39, 0.29) is 5.96 Å². The Balaban J connectivity index is 3.06. The van der Waals surface area contributed by atoms with Gasteiger partial charge in [0.15, 0.2) is 11.5 Å². The number of nitrogens with one attached hydrogen (secondary N) is 1. The molecular weight excluding hydrogens is 300 g/mol. The molecule has 0 aliphatic rings. The van der Waals surface area contributed by atoms with Gasteiger partial charge in [-0.25, -0.2) is 0 Å². The largest absolute Gasteiger partial charge is 0.493 e. The predicted molar refractivity (Wildman–Crippen MR) is 73.8 cm³/mol. The summed E-state index contributed by atoms with van der Waals surface area (Å²) >= 11 is 3.42. The third-order valence-electron chi connectivity index (χ3n) is 1.97. The maximum atomic E-state index is 5.48. The third kappa shape index (κ3) is 3.92. The van der Waals surface area contributed by atoms with Gasteiger partial charge in [-0.05, 0) is 35.0 Å². The highest BCUT2D eigenvalue weighted by Crippen LogP contribution is 2.36. The molecule has 0 heterocycles. The minimum Gasteiger partial charge on any atom is -0.493 e. The van der Waals surface area contributed by atoms with Gasteiger partial charge in [-0.1, -0.05) is 0 Å². The van der Waals surface area contributed by atoms with Crippen LogP contribution >= 0.6 is 15.9 Å². The van der Waals surface area contributed by atoms with Gasteiger partial charge in [-0.2, -0.15) is 0 Å². The number of hydrogen-bond acceptors (Lipinski definition) is 3. The van der Waals surface area contributed by atoms with Crippen molar-refractivity contribution in [3.8, 4) is 11.5 Å². The minimum absolute atomic E-state index is 0.0387. The van der Waals surface area contributed by atoms with E-state index in [0.717, 1.165) is 10.0 Å². The molecule has 0 saturated heterocycles. The van der Waals surface area contributed by atoms with Crippen LogP contribution in [0, 0.1) is 0 Å². The number of benzene rings is 1. The van der Waals surface area contributed by atoms with Crippen molar-refractivity contribution in [2.24, 2.45) is 16.6 Å². The topological polar surface area (TPSA) is 96.8 Å². The van der Waals surface area contributed by atoms with Gasteiger partial charge in [-0.3, -0.25) is 0 Å². The molecule has 0 bridgehead atoms. The summed E-state index contributed by atoms with van der Waals surface area (Å²) in [6.07, 6.45) is 1.64. The van der Waals surface area contributed by atoms with E-state index in [2.05, 4.69) is 26.1 Å². The summed E-state index contributed by atoms with van der Waals surface area (Å²) in [5.41, 5.74) is 11.2. The zero-order valence-electron chi connectivity index (χ0n) is 10.2. The zero-order valence-corrected chi connectivity index (χ0v) is 11.8. The molecule has 18 heavy (non-hydrogen) atoms. The van der Waals surface area contributed by atoms with Crippen molar-refractivity contribution in [2.45, 2.75) is 6.92 Å². The number of nitrogens with zero attached hydrogens (tertiary/aromatic N) is 1. The maximum Gasteiger partial charge on any atom is 0.256 e. The van der Waals surface area contributed by atoms with Gasteiger partial charge < -0.3 is 20.9 Å². The molecule has 0 saturated carbocycles. The van der Waals surface area contributed by atoms with Crippen molar-refractivity contribution in [2.75, 3.05) is 13.7 Å². The fourth-order valence-electron chi connectivity index (χ4n) is 1.29. The van der Waals surface area contributed by atoms with Crippen LogP contribution in [0.2, 0.25) is 0 Å². The number of guanidine groups is 1. The molecule has 0 aliphatic heterocycles. The van der Waals surface area contributed by atoms with Crippen LogP contribution in [0.4, 0.5) is 0 Å². The Morgan fingerprint density at radius 1 is 1.50 bits per heavy atom. The van der Waals surface area contributed by atoms with Gasteiger partial charge in [-0.15, -0.1) is 5.10 Å². The molecule has 0 fully saturated rings. The summed E-state index contributed by atoms with van der Waals surface area (Å²) in [7, 11) is 1.58. The van der Waals surface area contributed by atoms with E-state index in [4.69, 9.17) is 20.9 Å². The van der Waals surface area contributed by atoms with Crippen LogP contribution in [0.5, 0.6) is 11.5 Å². The molecule has 7 heteroatoms. The molecular formula is C11H16BrN4O2+. The molecule has 0 atom stereocenters.